The van der Waals surface area contributed by atoms with Crippen LogP contribution >= 0.6 is 12.2 Å². The first-order valence-electron chi connectivity index (χ1n) is 14.1. The van der Waals surface area contributed by atoms with Crippen molar-refractivity contribution in [1.29, 1.82) is 0 Å². The molecule has 1 N–H and O–H groups in total. The second-order valence-electron chi connectivity index (χ2n) is 10.2. The average Bonchev–Trinajstić information content (AvgIpc) is 3.02. The summed E-state index contributed by atoms with van der Waals surface area (Å²) in [4.78, 5) is 42.1. The number of ether oxygens (including phenoxy) is 2. The van der Waals surface area contributed by atoms with Gasteiger partial charge in [-0.3, -0.25) is 24.6 Å². The van der Waals surface area contributed by atoms with E-state index in [-0.39, 0.29) is 23.2 Å². The molecule has 0 radical (unpaired) electrons. The van der Waals surface area contributed by atoms with Gasteiger partial charge < -0.3 is 14.4 Å². The van der Waals surface area contributed by atoms with Gasteiger partial charge in [0.25, 0.3) is 17.7 Å². The molecule has 0 aliphatic carbocycles. The van der Waals surface area contributed by atoms with Gasteiger partial charge in [0, 0.05) is 18.7 Å². The fourth-order valence-electron chi connectivity index (χ4n) is 5.02. The first-order valence-corrected chi connectivity index (χ1v) is 14.5. The second-order valence-corrected chi connectivity index (χ2v) is 10.6. The Morgan fingerprint density at radius 3 is 2.29 bits per heavy atom. The number of anilines is 1. The van der Waals surface area contributed by atoms with Crippen LogP contribution in [0.5, 0.6) is 11.5 Å². The molecule has 3 amide bonds. The third-order valence-electron chi connectivity index (χ3n) is 7.44. The Morgan fingerprint density at radius 1 is 0.929 bits per heavy atom. The van der Waals surface area contributed by atoms with Crippen molar-refractivity contribution >= 4 is 46.8 Å². The first kappa shape index (κ1) is 29.0. The van der Waals surface area contributed by atoms with Gasteiger partial charge in [-0.15, -0.1) is 0 Å². The lowest BCUT2D eigenvalue weighted by molar-refractivity contribution is -0.122. The van der Waals surface area contributed by atoms with E-state index in [1.54, 1.807) is 18.2 Å². The number of likely N-dealkylation sites (tertiary alicyclic amines) is 1. The van der Waals surface area contributed by atoms with Crippen molar-refractivity contribution in [3.63, 3.8) is 0 Å². The van der Waals surface area contributed by atoms with E-state index < -0.39 is 11.8 Å². The van der Waals surface area contributed by atoms with E-state index in [4.69, 9.17) is 21.7 Å². The number of nitrogens with one attached hydrogen (secondary N) is 1. The number of nitrogens with zero attached hydrogens (tertiary/aromatic N) is 2. The molecule has 0 aromatic heterocycles. The van der Waals surface area contributed by atoms with Crippen LogP contribution in [0.3, 0.4) is 0 Å². The molecule has 2 heterocycles. The lowest BCUT2D eigenvalue weighted by Gasteiger charge is -2.29. The number of benzene rings is 3. The lowest BCUT2D eigenvalue weighted by Crippen LogP contribution is -2.54. The van der Waals surface area contributed by atoms with Gasteiger partial charge in [-0.1, -0.05) is 37.3 Å². The maximum absolute atomic E-state index is 13.4. The number of carbonyl (C=O) groups is 3. The Balaban J connectivity index is 1.28. The van der Waals surface area contributed by atoms with Gasteiger partial charge in [-0.05, 0) is 97.1 Å². The van der Waals surface area contributed by atoms with E-state index in [9.17, 15) is 14.4 Å². The summed E-state index contributed by atoms with van der Waals surface area (Å²) in [6, 6.07) is 20.1. The molecule has 2 saturated heterocycles. The molecule has 0 atom stereocenters. The van der Waals surface area contributed by atoms with E-state index >= 15 is 0 Å². The minimum absolute atomic E-state index is 0.0385. The van der Waals surface area contributed by atoms with Crippen LogP contribution in [0.15, 0.2) is 72.3 Å². The maximum Gasteiger partial charge on any atom is 0.270 e. The Hall–Kier alpha value is -4.50. The predicted molar refractivity (Wildman–Crippen MR) is 166 cm³/mol. The lowest BCUT2D eigenvalue weighted by atomic mass is 10.1. The average molecular weight is 584 g/mol. The highest BCUT2D eigenvalue weighted by atomic mass is 32.1. The fourth-order valence-corrected chi connectivity index (χ4v) is 5.30. The van der Waals surface area contributed by atoms with Crippen molar-refractivity contribution in [3.05, 3.63) is 94.6 Å². The molecule has 0 spiro atoms. The zero-order valence-electron chi connectivity index (χ0n) is 23.7. The summed E-state index contributed by atoms with van der Waals surface area (Å²) in [5.74, 6) is -0.0423. The van der Waals surface area contributed by atoms with Gasteiger partial charge >= 0.3 is 0 Å². The van der Waals surface area contributed by atoms with Crippen LogP contribution in [-0.4, -0.2) is 47.9 Å². The van der Waals surface area contributed by atoms with Gasteiger partial charge in [0.1, 0.15) is 12.2 Å². The first-order chi connectivity index (χ1) is 20.4. The van der Waals surface area contributed by atoms with Crippen LogP contribution in [0.4, 0.5) is 5.69 Å². The minimum atomic E-state index is -0.562. The van der Waals surface area contributed by atoms with Crippen molar-refractivity contribution in [3.8, 4) is 11.5 Å². The van der Waals surface area contributed by atoms with Gasteiger partial charge in [0.15, 0.2) is 16.6 Å². The Labute approximate surface area is 250 Å². The monoisotopic (exact) mass is 583 g/mol. The van der Waals surface area contributed by atoms with Crippen LogP contribution < -0.4 is 19.7 Å². The molecule has 0 unspecified atom stereocenters. The summed E-state index contributed by atoms with van der Waals surface area (Å²) in [6.07, 6.45) is 5.67. The van der Waals surface area contributed by atoms with E-state index in [1.165, 1.54) is 24.5 Å². The number of hydrogen-bond acceptors (Lipinski definition) is 6. The number of methoxy groups -OCH3 is 1. The Bertz CT molecular complexity index is 1530. The molecule has 0 bridgehead atoms. The topological polar surface area (TPSA) is 88.2 Å². The predicted octanol–water partition coefficient (Wildman–Crippen LogP) is 5.29. The summed E-state index contributed by atoms with van der Waals surface area (Å²) in [5.41, 5.74) is 3.84. The van der Waals surface area contributed by atoms with Gasteiger partial charge in [-0.25, -0.2) is 0 Å². The number of thiocarbonyl (C=S) groups is 1. The van der Waals surface area contributed by atoms with E-state index in [0.717, 1.165) is 43.5 Å². The van der Waals surface area contributed by atoms with Gasteiger partial charge in [0.2, 0.25) is 0 Å². The van der Waals surface area contributed by atoms with Crippen molar-refractivity contribution in [2.45, 2.75) is 39.2 Å². The molecular weight excluding hydrogens is 550 g/mol. The Morgan fingerprint density at radius 2 is 1.62 bits per heavy atom. The molecule has 8 nitrogen and oxygen atoms in total. The third-order valence-corrected chi connectivity index (χ3v) is 7.73. The quantitative estimate of drug-likeness (QED) is 0.220. The van der Waals surface area contributed by atoms with E-state index in [2.05, 4.69) is 12.2 Å². The van der Waals surface area contributed by atoms with Crippen molar-refractivity contribution in [2.24, 2.45) is 0 Å². The highest BCUT2D eigenvalue weighted by Crippen LogP contribution is 2.31. The molecular formula is C33H33N3O5S. The van der Waals surface area contributed by atoms with Crippen molar-refractivity contribution < 1.29 is 23.9 Å². The number of rotatable bonds is 8. The third kappa shape index (κ3) is 6.36. The molecule has 2 aliphatic heterocycles. The summed E-state index contributed by atoms with van der Waals surface area (Å²) in [7, 11) is 1.53. The number of amides is 3. The minimum Gasteiger partial charge on any atom is -0.493 e. The van der Waals surface area contributed by atoms with Crippen LogP contribution in [0, 0.1) is 0 Å². The summed E-state index contributed by atoms with van der Waals surface area (Å²) in [6.45, 7) is 3.95. The van der Waals surface area contributed by atoms with Crippen LogP contribution in [0.1, 0.15) is 53.2 Å². The standard InChI is InChI=1S/C33H33N3O5S/c1-3-22-9-14-26(15-10-22)36-32(39)27(30(37)34-33(36)42)19-24-11-16-28(29(20-24)40-2)41-21-23-7-12-25(13-8-23)31(38)35-17-5-4-6-18-35/h7-16,19-20H,3-6,17-18,21H2,1-2H3,(H,34,37,42)/b27-19+. The molecule has 216 valence electrons. The smallest absolute Gasteiger partial charge is 0.270 e. The number of piperidine rings is 1. The molecule has 0 saturated carbocycles. The number of hydrogen-bond donors (Lipinski definition) is 1. The Kier molecular flexibility index (Phi) is 8.97. The molecule has 3 aromatic carbocycles. The number of aryl methyl sites for hydroxylation is 1. The molecule has 2 aliphatic rings. The molecule has 3 aromatic rings. The van der Waals surface area contributed by atoms with Crippen molar-refractivity contribution in [1.82, 2.24) is 10.2 Å². The van der Waals surface area contributed by atoms with Crippen LogP contribution in [-0.2, 0) is 22.6 Å². The highest BCUT2D eigenvalue weighted by molar-refractivity contribution is 7.80. The highest BCUT2D eigenvalue weighted by Gasteiger charge is 2.34. The maximum atomic E-state index is 13.4. The fraction of sp³-hybridized carbons (Fsp3) is 0.273. The molecule has 5 rings (SSSR count). The van der Waals surface area contributed by atoms with Gasteiger partial charge in [0.05, 0.1) is 12.8 Å². The zero-order valence-corrected chi connectivity index (χ0v) is 24.5. The molecule has 2 fully saturated rings. The summed E-state index contributed by atoms with van der Waals surface area (Å²) >= 11 is 5.31. The normalized spacial score (nSPS) is 16.4. The largest absolute Gasteiger partial charge is 0.493 e. The van der Waals surface area contributed by atoms with Crippen molar-refractivity contribution in [2.75, 3.05) is 25.1 Å². The summed E-state index contributed by atoms with van der Waals surface area (Å²) < 4.78 is 11.6. The molecule has 9 heteroatoms. The van der Waals surface area contributed by atoms with E-state index in [1.807, 2.05) is 53.4 Å². The second kappa shape index (κ2) is 13.0. The number of carbonyl (C=O) groups excluding carboxylic acids is 3. The van der Waals surface area contributed by atoms with Crippen LogP contribution in [0.25, 0.3) is 6.08 Å². The van der Waals surface area contributed by atoms with E-state index in [0.29, 0.717) is 28.3 Å². The summed E-state index contributed by atoms with van der Waals surface area (Å²) in [5, 5.41) is 2.65. The zero-order chi connectivity index (χ0) is 29.6. The SMILES string of the molecule is CCc1ccc(N2C(=O)/C(=C/c3ccc(OCc4ccc(C(=O)N5CCCCC5)cc4)c(OC)c3)C(=O)NC2=S)cc1. The van der Waals surface area contributed by atoms with Gasteiger partial charge in [-0.2, -0.15) is 0 Å². The van der Waals surface area contributed by atoms with Crippen LogP contribution in [0.2, 0.25) is 0 Å². The molecule has 42 heavy (non-hydrogen) atoms.